The first kappa shape index (κ1) is 35.9. The Kier molecular flexibility index (Phi) is 34.8. The van der Waals surface area contributed by atoms with Crippen molar-refractivity contribution >= 4 is 0 Å². The molecular weight excluding hydrogens is 438 g/mol. The fraction of sp³-hybridized carbons (Fsp3) is 1.00. The topological polar surface area (TPSA) is 32.3 Å². The number of hydrogen-bond donors (Lipinski definition) is 2. The van der Waals surface area contributed by atoms with E-state index in [0.29, 0.717) is 6.61 Å². The van der Waals surface area contributed by atoms with Crippen molar-refractivity contribution in [3.05, 3.63) is 0 Å². The maximum absolute atomic E-state index is 8.78. The molecule has 0 spiro atoms. The van der Waals surface area contributed by atoms with Crippen LogP contribution in [0.1, 0.15) is 200 Å². The second-order valence-electron chi connectivity index (χ2n) is 11.7. The predicted molar refractivity (Wildman–Crippen MR) is 164 cm³/mol. The van der Waals surface area contributed by atoms with Gasteiger partial charge in [0.15, 0.2) is 0 Å². The van der Waals surface area contributed by atoms with Crippen molar-refractivity contribution < 1.29 is 5.11 Å². The summed E-state index contributed by atoms with van der Waals surface area (Å²) in [5.74, 6) is 0. The first-order valence-corrected chi connectivity index (χ1v) is 17.2. The monoisotopic (exact) mass is 510 g/mol. The summed E-state index contributed by atoms with van der Waals surface area (Å²) in [5, 5.41) is 12.4. The third-order valence-electron chi connectivity index (χ3n) is 7.97. The van der Waals surface area contributed by atoms with Crippen molar-refractivity contribution in [2.75, 3.05) is 19.7 Å². The summed E-state index contributed by atoms with van der Waals surface area (Å²) < 4.78 is 0. The predicted octanol–water partition coefficient (Wildman–Crippen LogP) is 11.3. The van der Waals surface area contributed by atoms with Gasteiger partial charge in [0, 0.05) is 6.61 Å². The summed E-state index contributed by atoms with van der Waals surface area (Å²) >= 11 is 0. The van der Waals surface area contributed by atoms with E-state index in [2.05, 4.69) is 12.2 Å². The van der Waals surface area contributed by atoms with E-state index < -0.39 is 0 Å². The molecule has 0 unspecified atom stereocenters. The molecule has 0 aromatic heterocycles. The molecule has 0 heterocycles. The molecule has 0 bridgehead atoms. The van der Waals surface area contributed by atoms with Gasteiger partial charge in [0.05, 0.1) is 0 Å². The zero-order chi connectivity index (χ0) is 26.0. The number of unbranched alkanes of at least 4 members (excludes halogenated alkanes) is 28. The molecule has 218 valence electrons. The van der Waals surface area contributed by atoms with Crippen LogP contribution < -0.4 is 5.32 Å². The van der Waals surface area contributed by atoms with Crippen LogP contribution in [0.2, 0.25) is 0 Å². The molecule has 0 rings (SSSR count). The second kappa shape index (κ2) is 34.9. The highest BCUT2D eigenvalue weighted by molar-refractivity contribution is 4.54. The SMILES string of the molecule is CCCCCCCCCCCCCCCCNCCCCCCCCCCCCCCCCCCO. The lowest BCUT2D eigenvalue weighted by Gasteiger charge is -2.06. The molecule has 0 radical (unpaired) electrons. The molecule has 0 saturated carbocycles. The average molecular weight is 510 g/mol. The Morgan fingerprint density at radius 1 is 0.306 bits per heavy atom. The Balaban J connectivity index is 3.00. The number of aliphatic hydroxyl groups is 1. The van der Waals surface area contributed by atoms with Crippen LogP contribution in [-0.2, 0) is 0 Å². The van der Waals surface area contributed by atoms with Gasteiger partial charge in [-0.15, -0.1) is 0 Å². The Hall–Kier alpha value is -0.0800. The normalized spacial score (nSPS) is 11.5. The van der Waals surface area contributed by atoms with Gasteiger partial charge in [-0.2, -0.15) is 0 Å². The van der Waals surface area contributed by atoms with Gasteiger partial charge in [0.2, 0.25) is 0 Å². The van der Waals surface area contributed by atoms with Crippen LogP contribution in [0.3, 0.4) is 0 Å². The third-order valence-corrected chi connectivity index (χ3v) is 7.97. The van der Waals surface area contributed by atoms with Crippen molar-refractivity contribution in [2.24, 2.45) is 0 Å². The van der Waals surface area contributed by atoms with Crippen LogP contribution in [0, 0.1) is 0 Å². The van der Waals surface area contributed by atoms with Crippen LogP contribution in [0.25, 0.3) is 0 Å². The molecule has 0 amide bonds. The number of rotatable bonds is 33. The van der Waals surface area contributed by atoms with Gasteiger partial charge in [-0.05, 0) is 32.4 Å². The summed E-state index contributed by atoms with van der Waals surface area (Å²) in [7, 11) is 0. The van der Waals surface area contributed by atoms with Crippen molar-refractivity contribution in [1.29, 1.82) is 0 Å². The van der Waals surface area contributed by atoms with Crippen LogP contribution >= 0.6 is 0 Å². The lowest BCUT2D eigenvalue weighted by atomic mass is 10.0. The molecule has 0 fully saturated rings. The fourth-order valence-electron chi connectivity index (χ4n) is 5.41. The van der Waals surface area contributed by atoms with E-state index in [-0.39, 0.29) is 0 Å². The maximum Gasteiger partial charge on any atom is 0.0431 e. The quantitative estimate of drug-likeness (QED) is 0.0862. The van der Waals surface area contributed by atoms with Gasteiger partial charge in [-0.3, -0.25) is 0 Å². The Bertz CT molecular complexity index is 325. The van der Waals surface area contributed by atoms with Gasteiger partial charge < -0.3 is 10.4 Å². The smallest absolute Gasteiger partial charge is 0.0431 e. The number of nitrogens with one attached hydrogen (secondary N) is 1. The largest absolute Gasteiger partial charge is 0.396 e. The minimum absolute atomic E-state index is 0.372. The molecule has 36 heavy (non-hydrogen) atoms. The van der Waals surface area contributed by atoms with Gasteiger partial charge in [-0.1, -0.05) is 180 Å². The summed E-state index contributed by atoms with van der Waals surface area (Å²) in [4.78, 5) is 0. The Morgan fingerprint density at radius 2 is 0.528 bits per heavy atom. The molecule has 0 aliphatic heterocycles. The van der Waals surface area contributed by atoms with E-state index in [4.69, 9.17) is 5.11 Å². The Labute approximate surface area is 229 Å². The first-order valence-electron chi connectivity index (χ1n) is 17.2. The van der Waals surface area contributed by atoms with Crippen LogP contribution in [-0.4, -0.2) is 24.8 Å². The minimum Gasteiger partial charge on any atom is -0.396 e. The van der Waals surface area contributed by atoms with Crippen molar-refractivity contribution in [1.82, 2.24) is 5.32 Å². The summed E-state index contributed by atoms with van der Waals surface area (Å²) in [6.07, 6.45) is 42.4. The van der Waals surface area contributed by atoms with E-state index in [0.717, 1.165) is 6.42 Å². The molecule has 0 aromatic rings. The molecule has 0 aliphatic carbocycles. The molecule has 0 aromatic carbocycles. The van der Waals surface area contributed by atoms with Crippen LogP contribution in [0.5, 0.6) is 0 Å². The molecule has 2 N–H and O–H groups in total. The van der Waals surface area contributed by atoms with Crippen LogP contribution in [0.15, 0.2) is 0 Å². The van der Waals surface area contributed by atoms with E-state index in [1.54, 1.807) is 0 Å². The van der Waals surface area contributed by atoms with E-state index in [1.165, 1.54) is 199 Å². The maximum atomic E-state index is 8.78. The zero-order valence-corrected chi connectivity index (χ0v) is 25.3. The lowest BCUT2D eigenvalue weighted by Crippen LogP contribution is -2.16. The van der Waals surface area contributed by atoms with E-state index in [9.17, 15) is 0 Å². The third kappa shape index (κ3) is 33.9. The number of aliphatic hydroxyl groups excluding tert-OH is 1. The highest BCUT2D eigenvalue weighted by atomic mass is 16.2. The highest BCUT2D eigenvalue weighted by Crippen LogP contribution is 2.14. The van der Waals surface area contributed by atoms with Crippen molar-refractivity contribution in [3.8, 4) is 0 Å². The summed E-state index contributed by atoms with van der Waals surface area (Å²) in [6, 6.07) is 0. The summed E-state index contributed by atoms with van der Waals surface area (Å²) in [5.41, 5.74) is 0. The van der Waals surface area contributed by atoms with E-state index in [1.807, 2.05) is 0 Å². The van der Waals surface area contributed by atoms with Crippen molar-refractivity contribution in [2.45, 2.75) is 200 Å². The number of hydrogen-bond acceptors (Lipinski definition) is 2. The lowest BCUT2D eigenvalue weighted by molar-refractivity contribution is 0.282. The van der Waals surface area contributed by atoms with Gasteiger partial charge in [-0.25, -0.2) is 0 Å². The minimum atomic E-state index is 0.372. The zero-order valence-electron chi connectivity index (χ0n) is 25.3. The first-order chi connectivity index (χ1) is 17.9. The fourth-order valence-corrected chi connectivity index (χ4v) is 5.41. The van der Waals surface area contributed by atoms with E-state index >= 15 is 0 Å². The standard InChI is InChI=1S/C34H71NO/c1-2-3-4-5-6-7-8-9-14-17-20-23-26-29-32-35-33-30-27-24-21-18-15-12-10-11-13-16-19-22-25-28-31-34-36/h35-36H,2-34H2,1H3. The van der Waals surface area contributed by atoms with Crippen LogP contribution in [0.4, 0.5) is 0 Å². The molecule has 0 saturated heterocycles. The molecule has 2 nitrogen and oxygen atoms in total. The molecule has 2 heteroatoms. The Morgan fingerprint density at radius 3 is 0.778 bits per heavy atom. The second-order valence-corrected chi connectivity index (χ2v) is 11.7. The van der Waals surface area contributed by atoms with Gasteiger partial charge in [0.1, 0.15) is 0 Å². The molecule has 0 aliphatic rings. The highest BCUT2D eigenvalue weighted by Gasteiger charge is 1.96. The molecule has 0 atom stereocenters. The van der Waals surface area contributed by atoms with Gasteiger partial charge >= 0.3 is 0 Å². The summed E-state index contributed by atoms with van der Waals surface area (Å²) in [6.45, 7) is 5.15. The van der Waals surface area contributed by atoms with Gasteiger partial charge in [0.25, 0.3) is 0 Å². The average Bonchev–Trinajstić information content (AvgIpc) is 2.89. The van der Waals surface area contributed by atoms with Crippen molar-refractivity contribution in [3.63, 3.8) is 0 Å². The molecular formula is C34H71NO.